The molecule has 0 saturated carbocycles. The number of rotatable bonds is 4. The van der Waals surface area contributed by atoms with Gasteiger partial charge >= 0.3 is 0 Å². The van der Waals surface area contributed by atoms with Crippen LogP contribution < -0.4 is 0 Å². The lowest BCUT2D eigenvalue weighted by atomic mass is 10.1. The summed E-state index contributed by atoms with van der Waals surface area (Å²) in [5.74, 6) is -0.102. The van der Waals surface area contributed by atoms with Crippen molar-refractivity contribution in [3.8, 4) is 0 Å². The third kappa shape index (κ3) is 4.08. The molecule has 0 spiro atoms. The number of hydrogen-bond donors (Lipinski definition) is 0. The first-order valence-electron chi connectivity index (χ1n) is 8.21. The molecule has 26 heavy (non-hydrogen) atoms. The van der Waals surface area contributed by atoms with E-state index in [-0.39, 0.29) is 23.0 Å². The van der Waals surface area contributed by atoms with Crippen LogP contribution >= 0.6 is 23.2 Å². The second-order valence-corrected chi connectivity index (χ2v) is 7.23. The molecule has 0 N–H and O–H groups in total. The number of ether oxygens (including phenoxy) is 1. The first kappa shape index (κ1) is 18.9. The molecular weight excluding hydrogens is 383 g/mol. The highest BCUT2D eigenvalue weighted by Gasteiger charge is 2.37. The van der Waals surface area contributed by atoms with Gasteiger partial charge in [-0.2, -0.15) is 0 Å². The van der Waals surface area contributed by atoms with Gasteiger partial charge in [-0.3, -0.25) is 9.69 Å². The quantitative estimate of drug-likeness (QED) is 0.572. The van der Waals surface area contributed by atoms with E-state index < -0.39 is 10.9 Å². The molecule has 0 radical (unpaired) electrons. The summed E-state index contributed by atoms with van der Waals surface area (Å²) in [5.41, 5.74) is 0.301. The molecule has 1 aromatic carbocycles. The number of carbonyl (C=O) groups excluding carboxylic acids is 1. The van der Waals surface area contributed by atoms with Crippen LogP contribution in [0.2, 0.25) is 10.0 Å². The third-order valence-corrected chi connectivity index (χ3v) is 5.20. The molecule has 140 valence electrons. The molecule has 10 heteroatoms. The Kier molecular flexibility index (Phi) is 5.64. The van der Waals surface area contributed by atoms with Gasteiger partial charge in [-0.1, -0.05) is 23.2 Å². The van der Waals surface area contributed by atoms with Crippen LogP contribution in [-0.2, 0) is 4.74 Å². The normalized spacial score (nSPS) is 24.5. The van der Waals surface area contributed by atoms with Gasteiger partial charge in [0, 0.05) is 31.1 Å². The van der Waals surface area contributed by atoms with Crippen molar-refractivity contribution in [2.75, 3.05) is 26.2 Å². The molecule has 0 aromatic heterocycles. The summed E-state index contributed by atoms with van der Waals surface area (Å²) >= 11 is 11.9. The lowest BCUT2D eigenvalue weighted by molar-refractivity contribution is -0.486. The van der Waals surface area contributed by atoms with Crippen LogP contribution in [0.5, 0.6) is 0 Å². The van der Waals surface area contributed by atoms with E-state index in [1.165, 1.54) is 23.1 Å². The van der Waals surface area contributed by atoms with Gasteiger partial charge in [0.15, 0.2) is 5.03 Å². The van der Waals surface area contributed by atoms with Gasteiger partial charge in [0.25, 0.3) is 11.9 Å². The molecule has 8 nitrogen and oxygen atoms in total. The van der Waals surface area contributed by atoms with Crippen molar-refractivity contribution in [1.82, 2.24) is 9.80 Å². The maximum absolute atomic E-state index is 12.8. The van der Waals surface area contributed by atoms with Gasteiger partial charge in [-0.15, -0.1) is 0 Å². The van der Waals surface area contributed by atoms with Crippen molar-refractivity contribution in [3.05, 3.63) is 43.9 Å². The number of benzene rings is 1. The Morgan fingerprint density at radius 1 is 1.38 bits per heavy atom. The smallest absolute Gasteiger partial charge is 0.281 e. The van der Waals surface area contributed by atoms with E-state index >= 15 is 0 Å². The summed E-state index contributed by atoms with van der Waals surface area (Å²) in [6.45, 7) is 3.95. The summed E-state index contributed by atoms with van der Waals surface area (Å²) in [5, 5.41) is 14.2. The van der Waals surface area contributed by atoms with Crippen molar-refractivity contribution in [3.63, 3.8) is 0 Å². The van der Waals surface area contributed by atoms with Crippen LogP contribution in [0.25, 0.3) is 0 Å². The van der Waals surface area contributed by atoms with E-state index in [1.54, 1.807) is 4.90 Å². The number of carbonyl (C=O) groups is 1. The number of halogens is 2. The summed E-state index contributed by atoms with van der Waals surface area (Å²) in [7, 11) is 0. The van der Waals surface area contributed by atoms with Crippen molar-refractivity contribution < 1.29 is 14.6 Å². The molecule has 1 aromatic rings. The molecule has 2 saturated heterocycles. The standard InChI is InChI=1S/C16H18Cl2N4O4/c1-10-6-11(9-26-10)8-20-4-5-21(16(20)19-22(24)25)15(23)12-2-3-13(17)14(18)7-12/h2-3,7,10-11H,4-6,8-9H2,1H3. The Hall–Kier alpha value is -1.90. The van der Waals surface area contributed by atoms with Gasteiger partial charge < -0.3 is 9.64 Å². The second kappa shape index (κ2) is 7.77. The first-order chi connectivity index (χ1) is 12.3. The van der Waals surface area contributed by atoms with Gasteiger partial charge in [-0.05, 0) is 31.5 Å². The first-order valence-corrected chi connectivity index (χ1v) is 8.97. The van der Waals surface area contributed by atoms with Crippen LogP contribution in [0, 0.1) is 16.0 Å². The average molecular weight is 401 g/mol. The Balaban J connectivity index is 1.80. The molecule has 2 heterocycles. The second-order valence-electron chi connectivity index (χ2n) is 6.42. The molecular formula is C16H18Cl2N4O4. The van der Waals surface area contributed by atoms with Crippen LogP contribution in [0.3, 0.4) is 0 Å². The number of amides is 1. The van der Waals surface area contributed by atoms with E-state index in [2.05, 4.69) is 5.10 Å². The Bertz CT molecular complexity index is 758. The van der Waals surface area contributed by atoms with E-state index in [0.29, 0.717) is 36.8 Å². The van der Waals surface area contributed by atoms with Crippen LogP contribution in [0.15, 0.2) is 23.3 Å². The zero-order valence-electron chi connectivity index (χ0n) is 14.1. The van der Waals surface area contributed by atoms with Crippen LogP contribution in [0.4, 0.5) is 0 Å². The summed E-state index contributed by atoms with van der Waals surface area (Å²) in [6, 6.07) is 4.51. The number of hydrogen-bond acceptors (Lipinski definition) is 4. The van der Waals surface area contributed by atoms with Gasteiger partial charge in [0.1, 0.15) is 5.10 Å². The van der Waals surface area contributed by atoms with Crippen molar-refractivity contribution in [2.45, 2.75) is 19.4 Å². The highest BCUT2D eigenvalue weighted by Crippen LogP contribution is 2.25. The summed E-state index contributed by atoms with van der Waals surface area (Å²) in [4.78, 5) is 26.9. The minimum Gasteiger partial charge on any atom is -0.378 e. The van der Waals surface area contributed by atoms with E-state index in [9.17, 15) is 14.9 Å². The fourth-order valence-corrected chi connectivity index (χ4v) is 3.57. The van der Waals surface area contributed by atoms with Gasteiger partial charge in [0.05, 0.1) is 22.8 Å². The molecule has 0 bridgehead atoms. The average Bonchev–Trinajstić information content (AvgIpc) is 3.16. The Morgan fingerprint density at radius 2 is 2.15 bits per heavy atom. The minimum absolute atomic E-state index is 0.0469. The molecule has 2 aliphatic rings. The monoisotopic (exact) mass is 400 g/mol. The number of guanidine groups is 1. The fraction of sp³-hybridized carbons (Fsp3) is 0.500. The maximum atomic E-state index is 12.8. The van der Waals surface area contributed by atoms with Crippen molar-refractivity contribution in [1.29, 1.82) is 0 Å². The maximum Gasteiger partial charge on any atom is 0.281 e. The zero-order chi connectivity index (χ0) is 18.8. The molecule has 2 unspecified atom stereocenters. The summed E-state index contributed by atoms with van der Waals surface area (Å²) < 4.78 is 5.55. The van der Waals surface area contributed by atoms with E-state index in [0.717, 1.165) is 6.42 Å². The number of hydrazone groups is 1. The van der Waals surface area contributed by atoms with E-state index in [4.69, 9.17) is 27.9 Å². The van der Waals surface area contributed by atoms with Crippen molar-refractivity contribution in [2.24, 2.45) is 11.0 Å². The Morgan fingerprint density at radius 3 is 2.77 bits per heavy atom. The highest BCUT2D eigenvalue weighted by atomic mass is 35.5. The van der Waals surface area contributed by atoms with Gasteiger partial charge in [-0.25, -0.2) is 10.1 Å². The zero-order valence-corrected chi connectivity index (χ0v) is 15.6. The van der Waals surface area contributed by atoms with Crippen LogP contribution in [-0.4, -0.2) is 59.0 Å². The topological polar surface area (TPSA) is 88.3 Å². The lowest BCUT2D eigenvalue weighted by Crippen LogP contribution is -2.40. The fourth-order valence-electron chi connectivity index (χ4n) is 3.28. The molecule has 2 atom stereocenters. The molecule has 3 rings (SSSR count). The molecule has 0 aliphatic carbocycles. The largest absolute Gasteiger partial charge is 0.378 e. The van der Waals surface area contributed by atoms with Gasteiger partial charge in [0.2, 0.25) is 0 Å². The number of nitro groups is 1. The molecule has 1 amide bonds. The lowest BCUT2D eigenvalue weighted by Gasteiger charge is -2.22. The minimum atomic E-state index is -0.781. The van der Waals surface area contributed by atoms with Crippen LogP contribution in [0.1, 0.15) is 23.7 Å². The van der Waals surface area contributed by atoms with Crippen molar-refractivity contribution >= 4 is 35.1 Å². The highest BCUT2D eigenvalue weighted by molar-refractivity contribution is 6.42. The predicted molar refractivity (Wildman–Crippen MR) is 97.0 cm³/mol. The third-order valence-electron chi connectivity index (χ3n) is 4.46. The van der Waals surface area contributed by atoms with E-state index in [1.807, 2.05) is 6.92 Å². The Labute approximate surface area is 160 Å². The molecule has 2 fully saturated rings. The summed E-state index contributed by atoms with van der Waals surface area (Å²) in [6.07, 6.45) is 1.05. The number of nitrogens with zero attached hydrogens (tertiary/aromatic N) is 4. The predicted octanol–water partition coefficient (Wildman–Crippen LogP) is 2.72. The molecule has 2 aliphatic heterocycles. The SMILES string of the molecule is CC1CC(CN2CCN(C(=O)c3ccc(Cl)c(Cl)c3)C2=N[N+](=O)[O-])CO1.